The number of benzene rings is 1. The number of likely N-dealkylation sites (N-methyl/N-ethyl adjacent to an activating group) is 1. The molecule has 0 bridgehead atoms. The summed E-state index contributed by atoms with van der Waals surface area (Å²) in [4.78, 5) is 2.36. The molecule has 1 aliphatic carbocycles. The molecule has 20 heavy (non-hydrogen) atoms. The van der Waals surface area contributed by atoms with Crippen molar-refractivity contribution in [3.63, 3.8) is 0 Å². The minimum absolute atomic E-state index is 0.208. The molecule has 1 atom stereocenters. The van der Waals surface area contributed by atoms with E-state index in [9.17, 15) is 0 Å². The van der Waals surface area contributed by atoms with Crippen LogP contribution in [0.2, 0.25) is 0 Å². The zero-order chi connectivity index (χ0) is 14.5. The minimum atomic E-state index is 0.208. The highest BCUT2D eigenvalue weighted by atomic mass is 16.5. The number of hydrogen-bond acceptors (Lipinski definition) is 4. The molecule has 4 heteroatoms. The van der Waals surface area contributed by atoms with Gasteiger partial charge in [0.1, 0.15) is 11.5 Å². The topological polar surface area (TPSA) is 47.7 Å². The Balaban J connectivity index is 2.16. The summed E-state index contributed by atoms with van der Waals surface area (Å²) >= 11 is 0. The zero-order valence-corrected chi connectivity index (χ0v) is 12.8. The monoisotopic (exact) mass is 278 g/mol. The van der Waals surface area contributed by atoms with Gasteiger partial charge in [0.2, 0.25) is 0 Å². The molecule has 2 rings (SSSR count). The Morgan fingerprint density at radius 1 is 1.20 bits per heavy atom. The van der Waals surface area contributed by atoms with Crippen LogP contribution >= 0.6 is 0 Å². The molecule has 0 radical (unpaired) electrons. The summed E-state index contributed by atoms with van der Waals surface area (Å²) < 4.78 is 10.7. The number of rotatable bonds is 7. The van der Waals surface area contributed by atoms with Gasteiger partial charge in [0.05, 0.1) is 14.2 Å². The van der Waals surface area contributed by atoms with E-state index in [1.54, 1.807) is 14.2 Å². The summed E-state index contributed by atoms with van der Waals surface area (Å²) in [6, 6.07) is 6.21. The van der Waals surface area contributed by atoms with E-state index in [1.807, 2.05) is 6.07 Å². The van der Waals surface area contributed by atoms with Gasteiger partial charge >= 0.3 is 0 Å². The predicted molar refractivity (Wildman–Crippen MR) is 81.3 cm³/mol. The number of nitrogens with zero attached hydrogens (tertiary/aromatic N) is 1. The Kier molecular flexibility index (Phi) is 5.26. The van der Waals surface area contributed by atoms with Crippen molar-refractivity contribution >= 4 is 0 Å². The molecule has 1 aliphatic rings. The van der Waals surface area contributed by atoms with Crippen molar-refractivity contribution in [2.75, 3.05) is 34.4 Å². The normalized spacial score (nSPS) is 16.9. The first kappa shape index (κ1) is 15.1. The molecule has 1 aromatic carbocycles. The molecule has 0 amide bonds. The van der Waals surface area contributed by atoms with E-state index in [1.165, 1.54) is 19.3 Å². The SMILES string of the molecule is COc1cc(OC)cc(C(CN)N(C)CC2CCC2)c1. The fourth-order valence-corrected chi connectivity index (χ4v) is 2.80. The maximum Gasteiger partial charge on any atom is 0.122 e. The lowest BCUT2D eigenvalue weighted by Crippen LogP contribution is -2.36. The molecule has 0 saturated heterocycles. The van der Waals surface area contributed by atoms with Gasteiger partial charge in [-0.2, -0.15) is 0 Å². The summed E-state index contributed by atoms with van der Waals surface area (Å²) in [6.07, 6.45) is 4.07. The van der Waals surface area contributed by atoms with Crippen molar-refractivity contribution in [3.05, 3.63) is 23.8 Å². The molecule has 0 aromatic heterocycles. The van der Waals surface area contributed by atoms with Gasteiger partial charge in [-0.3, -0.25) is 4.90 Å². The van der Waals surface area contributed by atoms with Crippen molar-refractivity contribution in [1.29, 1.82) is 0 Å². The van der Waals surface area contributed by atoms with Gasteiger partial charge in [0.15, 0.2) is 0 Å². The van der Waals surface area contributed by atoms with E-state index < -0.39 is 0 Å². The van der Waals surface area contributed by atoms with Crippen molar-refractivity contribution in [3.8, 4) is 11.5 Å². The highest BCUT2D eigenvalue weighted by molar-refractivity contribution is 5.40. The lowest BCUT2D eigenvalue weighted by molar-refractivity contribution is 0.164. The van der Waals surface area contributed by atoms with Crippen molar-refractivity contribution in [1.82, 2.24) is 4.90 Å². The Morgan fingerprint density at radius 2 is 1.80 bits per heavy atom. The maximum atomic E-state index is 6.00. The van der Waals surface area contributed by atoms with Crippen LogP contribution in [0.15, 0.2) is 18.2 Å². The smallest absolute Gasteiger partial charge is 0.122 e. The molecule has 1 unspecified atom stereocenters. The summed E-state index contributed by atoms with van der Waals surface area (Å²) in [5.74, 6) is 2.46. The number of ether oxygens (including phenoxy) is 2. The van der Waals surface area contributed by atoms with Crippen LogP contribution in [-0.2, 0) is 0 Å². The van der Waals surface area contributed by atoms with Gasteiger partial charge in [-0.05, 0) is 43.5 Å². The molecule has 112 valence electrons. The minimum Gasteiger partial charge on any atom is -0.497 e. The van der Waals surface area contributed by atoms with Crippen molar-refractivity contribution in [2.24, 2.45) is 11.7 Å². The largest absolute Gasteiger partial charge is 0.497 e. The van der Waals surface area contributed by atoms with Crippen LogP contribution in [0.3, 0.4) is 0 Å². The van der Waals surface area contributed by atoms with Gasteiger partial charge in [0.25, 0.3) is 0 Å². The van der Waals surface area contributed by atoms with Crippen LogP contribution in [0, 0.1) is 5.92 Å². The summed E-state index contributed by atoms with van der Waals surface area (Å²) in [5, 5.41) is 0. The highest BCUT2D eigenvalue weighted by Crippen LogP contribution is 2.32. The Hall–Kier alpha value is -1.26. The average molecular weight is 278 g/mol. The van der Waals surface area contributed by atoms with Crippen LogP contribution in [0.1, 0.15) is 30.9 Å². The second-order valence-electron chi connectivity index (χ2n) is 5.63. The Bertz CT molecular complexity index is 410. The molecule has 1 fully saturated rings. The third-order valence-corrected chi connectivity index (χ3v) is 4.28. The van der Waals surface area contributed by atoms with Crippen LogP contribution in [0.5, 0.6) is 11.5 Å². The quantitative estimate of drug-likeness (QED) is 0.832. The molecule has 4 nitrogen and oxygen atoms in total. The zero-order valence-electron chi connectivity index (χ0n) is 12.8. The van der Waals surface area contributed by atoms with Gasteiger partial charge in [-0.25, -0.2) is 0 Å². The van der Waals surface area contributed by atoms with Gasteiger partial charge < -0.3 is 15.2 Å². The molecule has 1 saturated carbocycles. The standard InChI is InChI=1S/C16H26N2O2/c1-18(11-12-5-4-6-12)16(10-17)13-7-14(19-2)9-15(8-13)20-3/h7-9,12,16H,4-6,10-11,17H2,1-3H3. The first-order valence-corrected chi connectivity index (χ1v) is 7.31. The maximum absolute atomic E-state index is 6.00. The molecule has 2 N–H and O–H groups in total. The van der Waals surface area contributed by atoms with Gasteiger partial charge in [-0.1, -0.05) is 6.42 Å². The van der Waals surface area contributed by atoms with Crippen molar-refractivity contribution < 1.29 is 9.47 Å². The van der Waals surface area contributed by atoms with E-state index >= 15 is 0 Å². The average Bonchev–Trinajstić information content (AvgIpc) is 2.43. The second-order valence-corrected chi connectivity index (χ2v) is 5.63. The number of hydrogen-bond donors (Lipinski definition) is 1. The Morgan fingerprint density at radius 3 is 2.20 bits per heavy atom. The van der Waals surface area contributed by atoms with Crippen LogP contribution in [-0.4, -0.2) is 39.3 Å². The molecular weight excluding hydrogens is 252 g/mol. The fourth-order valence-electron chi connectivity index (χ4n) is 2.80. The summed E-state index contributed by atoms with van der Waals surface area (Å²) in [6.45, 7) is 1.71. The van der Waals surface area contributed by atoms with Crippen LogP contribution in [0.4, 0.5) is 0 Å². The Labute approximate surface area is 121 Å². The van der Waals surface area contributed by atoms with Gasteiger partial charge in [0, 0.05) is 25.2 Å². The predicted octanol–water partition coefficient (Wildman–Crippen LogP) is 2.44. The number of methoxy groups -OCH3 is 2. The summed E-state index contributed by atoms with van der Waals surface area (Å²) in [5.41, 5.74) is 7.16. The lowest BCUT2D eigenvalue weighted by Gasteiger charge is -2.34. The van der Waals surface area contributed by atoms with E-state index in [-0.39, 0.29) is 6.04 Å². The van der Waals surface area contributed by atoms with E-state index in [0.29, 0.717) is 6.54 Å². The summed E-state index contributed by atoms with van der Waals surface area (Å²) in [7, 11) is 5.50. The second kappa shape index (κ2) is 6.95. The molecule has 0 heterocycles. The van der Waals surface area contributed by atoms with E-state index in [2.05, 4.69) is 24.1 Å². The third-order valence-electron chi connectivity index (χ3n) is 4.28. The number of nitrogens with two attached hydrogens (primary N) is 1. The molecule has 0 aliphatic heterocycles. The van der Waals surface area contributed by atoms with Gasteiger partial charge in [-0.15, -0.1) is 0 Å². The molecular formula is C16H26N2O2. The fraction of sp³-hybridized carbons (Fsp3) is 0.625. The molecule has 0 spiro atoms. The lowest BCUT2D eigenvalue weighted by atomic mass is 9.84. The molecule has 1 aromatic rings. The van der Waals surface area contributed by atoms with Crippen molar-refractivity contribution in [2.45, 2.75) is 25.3 Å². The first-order valence-electron chi connectivity index (χ1n) is 7.31. The van der Waals surface area contributed by atoms with Crippen LogP contribution in [0.25, 0.3) is 0 Å². The third kappa shape index (κ3) is 3.44. The first-order chi connectivity index (χ1) is 9.67. The highest BCUT2D eigenvalue weighted by Gasteiger charge is 2.24. The van der Waals surface area contributed by atoms with Crippen LogP contribution < -0.4 is 15.2 Å². The van der Waals surface area contributed by atoms with E-state index in [0.717, 1.165) is 29.5 Å². The van der Waals surface area contributed by atoms with E-state index in [4.69, 9.17) is 15.2 Å².